The van der Waals surface area contributed by atoms with Crippen LogP contribution < -0.4 is 5.32 Å². The number of rotatable bonds is 3. The van der Waals surface area contributed by atoms with Crippen LogP contribution in [0.3, 0.4) is 0 Å². The molecule has 0 amide bonds. The first kappa shape index (κ1) is 13.4. The zero-order chi connectivity index (χ0) is 12.0. The molecule has 88 valence electrons. The van der Waals surface area contributed by atoms with Crippen LogP contribution in [-0.2, 0) is 0 Å². The Bertz CT molecular complexity index is 347. The van der Waals surface area contributed by atoms with Crippen molar-refractivity contribution in [2.24, 2.45) is 4.99 Å². The summed E-state index contributed by atoms with van der Waals surface area (Å²) in [6.07, 6.45) is 0. The molecule has 0 unspecified atom stereocenters. The number of amidine groups is 1. The molecule has 0 aliphatic carbocycles. The third-order valence-electron chi connectivity index (χ3n) is 1.74. The first-order valence-electron chi connectivity index (χ1n) is 5.35. The van der Waals surface area contributed by atoms with Crippen LogP contribution in [0.25, 0.3) is 0 Å². The number of thioether (sulfide) groups is 1. The normalized spacial score (nSPS) is 11.9. The van der Waals surface area contributed by atoms with Gasteiger partial charge in [-0.2, -0.15) is 0 Å². The molecule has 0 saturated carbocycles. The fourth-order valence-electron chi connectivity index (χ4n) is 1.13. The van der Waals surface area contributed by atoms with E-state index in [4.69, 9.17) is 11.6 Å². The van der Waals surface area contributed by atoms with E-state index < -0.39 is 0 Å². The van der Waals surface area contributed by atoms with Gasteiger partial charge in [0.05, 0.1) is 0 Å². The molecule has 1 rings (SSSR count). The second-order valence-electron chi connectivity index (χ2n) is 3.58. The zero-order valence-electron chi connectivity index (χ0n) is 9.83. The summed E-state index contributed by atoms with van der Waals surface area (Å²) >= 11 is 7.56. The lowest BCUT2D eigenvalue weighted by Gasteiger charge is -2.11. The summed E-state index contributed by atoms with van der Waals surface area (Å²) < 4.78 is 0. The van der Waals surface area contributed by atoms with Gasteiger partial charge in [0.15, 0.2) is 5.17 Å². The van der Waals surface area contributed by atoms with Crippen molar-refractivity contribution >= 4 is 34.2 Å². The molecule has 1 aromatic carbocycles. The number of nitrogens with zero attached hydrogens (tertiary/aromatic N) is 1. The Morgan fingerprint density at radius 1 is 1.38 bits per heavy atom. The molecule has 0 fully saturated rings. The van der Waals surface area contributed by atoms with E-state index >= 15 is 0 Å². The molecule has 0 radical (unpaired) electrons. The van der Waals surface area contributed by atoms with E-state index in [0.29, 0.717) is 5.25 Å². The molecule has 2 nitrogen and oxygen atoms in total. The van der Waals surface area contributed by atoms with E-state index in [1.165, 1.54) is 0 Å². The van der Waals surface area contributed by atoms with Crippen molar-refractivity contribution in [1.29, 1.82) is 0 Å². The van der Waals surface area contributed by atoms with Crippen LogP contribution in [0.4, 0.5) is 5.69 Å². The van der Waals surface area contributed by atoms with Gasteiger partial charge in [0, 0.05) is 22.5 Å². The minimum Gasteiger partial charge on any atom is -0.335 e. The first-order valence-corrected chi connectivity index (χ1v) is 6.61. The molecule has 0 aliphatic rings. The van der Waals surface area contributed by atoms with Gasteiger partial charge in [-0.3, -0.25) is 4.99 Å². The number of benzene rings is 1. The summed E-state index contributed by atoms with van der Waals surface area (Å²) in [5.41, 5.74) is 1.02. The van der Waals surface area contributed by atoms with Gasteiger partial charge in [-0.15, -0.1) is 0 Å². The monoisotopic (exact) mass is 256 g/mol. The largest absolute Gasteiger partial charge is 0.335 e. The fraction of sp³-hybridized carbons (Fsp3) is 0.417. The highest BCUT2D eigenvalue weighted by Gasteiger charge is 2.03. The lowest BCUT2D eigenvalue weighted by molar-refractivity contribution is 1.11. The lowest BCUT2D eigenvalue weighted by atomic mass is 10.3. The Balaban J connectivity index is 2.68. The highest BCUT2D eigenvalue weighted by Crippen LogP contribution is 2.18. The van der Waals surface area contributed by atoms with E-state index in [2.05, 4.69) is 24.2 Å². The predicted molar refractivity (Wildman–Crippen MR) is 75.8 cm³/mol. The summed E-state index contributed by atoms with van der Waals surface area (Å²) in [7, 11) is 0. The van der Waals surface area contributed by atoms with Crippen molar-refractivity contribution in [3.8, 4) is 0 Å². The van der Waals surface area contributed by atoms with Gasteiger partial charge < -0.3 is 5.32 Å². The molecule has 4 heteroatoms. The van der Waals surface area contributed by atoms with Gasteiger partial charge in [-0.25, -0.2) is 0 Å². The molecule has 0 saturated heterocycles. The third-order valence-corrected chi connectivity index (χ3v) is 2.92. The molecule has 0 spiro atoms. The summed E-state index contributed by atoms with van der Waals surface area (Å²) in [4.78, 5) is 4.42. The van der Waals surface area contributed by atoms with Crippen molar-refractivity contribution in [2.75, 3.05) is 11.9 Å². The topological polar surface area (TPSA) is 24.4 Å². The van der Waals surface area contributed by atoms with Gasteiger partial charge in [-0.05, 0) is 31.2 Å². The van der Waals surface area contributed by atoms with Crippen molar-refractivity contribution in [2.45, 2.75) is 26.0 Å². The van der Waals surface area contributed by atoms with Gasteiger partial charge in [0.2, 0.25) is 0 Å². The molecule has 16 heavy (non-hydrogen) atoms. The third kappa shape index (κ3) is 4.90. The standard InChI is InChI=1S/C12H17ClN2S/c1-4-14-12(16-9(2)3)15-11-7-5-10(13)6-8-11/h5-9H,4H2,1-3H3,(H,14,15). The van der Waals surface area contributed by atoms with E-state index in [1.54, 1.807) is 11.8 Å². The van der Waals surface area contributed by atoms with E-state index in [-0.39, 0.29) is 0 Å². The maximum Gasteiger partial charge on any atom is 0.161 e. The average molecular weight is 257 g/mol. The molecule has 0 aliphatic heterocycles. The number of hydrogen-bond acceptors (Lipinski definition) is 2. The summed E-state index contributed by atoms with van der Waals surface area (Å²) in [5, 5.41) is 5.52. The maximum atomic E-state index is 5.83. The Kier molecular flexibility index (Phi) is 5.71. The number of anilines is 1. The number of nitrogens with one attached hydrogen (secondary N) is 1. The minimum atomic E-state index is 0.519. The summed E-state index contributed by atoms with van der Waals surface area (Å²) in [5.74, 6) is 0. The van der Waals surface area contributed by atoms with Gasteiger partial charge in [0.25, 0.3) is 0 Å². The zero-order valence-corrected chi connectivity index (χ0v) is 11.4. The summed E-state index contributed by atoms with van der Waals surface area (Å²) in [6.45, 7) is 7.12. The second-order valence-corrected chi connectivity index (χ2v) is 5.58. The fourth-order valence-corrected chi connectivity index (χ4v) is 2.08. The van der Waals surface area contributed by atoms with Crippen LogP contribution in [0, 0.1) is 0 Å². The molecule has 1 N–H and O–H groups in total. The Morgan fingerprint density at radius 3 is 2.50 bits per heavy atom. The smallest absolute Gasteiger partial charge is 0.161 e. The quantitative estimate of drug-likeness (QED) is 0.645. The van der Waals surface area contributed by atoms with Crippen LogP contribution in [0.2, 0.25) is 5.02 Å². The van der Waals surface area contributed by atoms with Crippen LogP contribution >= 0.6 is 23.4 Å². The first-order chi connectivity index (χ1) is 7.61. The number of hydrogen-bond donors (Lipinski definition) is 1. The van der Waals surface area contributed by atoms with Crippen LogP contribution in [-0.4, -0.2) is 17.0 Å². The summed E-state index contributed by atoms with van der Waals surface area (Å²) in [6, 6.07) is 7.64. The molecule has 0 atom stereocenters. The van der Waals surface area contributed by atoms with Crippen molar-refractivity contribution < 1.29 is 0 Å². The van der Waals surface area contributed by atoms with Gasteiger partial charge >= 0.3 is 0 Å². The minimum absolute atomic E-state index is 0.519. The van der Waals surface area contributed by atoms with Crippen molar-refractivity contribution in [3.63, 3.8) is 0 Å². The van der Waals surface area contributed by atoms with Crippen molar-refractivity contribution in [3.05, 3.63) is 29.3 Å². The van der Waals surface area contributed by atoms with Crippen LogP contribution in [0.5, 0.6) is 0 Å². The highest BCUT2D eigenvalue weighted by atomic mass is 35.5. The molecule has 0 bridgehead atoms. The molecular weight excluding hydrogens is 240 g/mol. The average Bonchev–Trinajstić information content (AvgIpc) is 2.21. The SMILES string of the molecule is CCN=C(Nc1ccc(Cl)cc1)SC(C)C. The predicted octanol–water partition coefficient (Wildman–Crippen LogP) is 4.27. The van der Waals surface area contributed by atoms with E-state index in [9.17, 15) is 0 Å². The molecule has 1 aromatic rings. The highest BCUT2D eigenvalue weighted by molar-refractivity contribution is 8.14. The Hall–Kier alpha value is -0.670. The van der Waals surface area contributed by atoms with E-state index in [1.807, 2.05) is 31.2 Å². The lowest BCUT2D eigenvalue weighted by Crippen LogP contribution is -2.11. The molecule has 0 aromatic heterocycles. The molecular formula is C12H17ClN2S. The maximum absolute atomic E-state index is 5.83. The van der Waals surface area contributed by atoms with Crippen molar-refractivity contribution in [1.82, 2.24) is 0 Å². The van der Waals surface area contributed by atoms with Crippen LogP contribution in [0.1, 0.15) is 20.8 Å². The van der Waals surface area contributed by atoms with E-state index in [0.717, 1.165) is 22.4 Å². The molecule has 0 heterocycles. The Morgan fingerprint density at radius 2 is 2.00 bits per heavy atom. The second kappa shape index (κ2) is 6.81. The number of halogens is 1. The van der Waals surface area contributed by atoms with Crippen LogP contribution in [0.15, 0.2) is 29.3 Å². The van der Waals surface area contributed by atoms with Gasteiger partial charge in [0.1, 0.15) is 0 Å². The number of aliphatic imine (C=N–C) groups is 1. The Labute approximate surface area is 106 Å². The van der Waals surface area contributed by atoms with Gasteiger partial charge in [-0.1, -0.05) is 37.2 Å².